The van der Waals surface area contributed by atoms with E-state index in [1.807, 2.05) is 6.92 Å². The lowest BCUT2D eigenvalue weighted by Crippen LogP contribution is -2.40. The molecule has 0 radical (unpaired) electrons. The summed E-state index contributed by atoms with van der Waals surface area (Å²) in [4.78, 5) is 14.2. The van der Waals surface area contributed by atoms with Gasteiger partial charge in [0.15, 0.2) is 0 Å². The van der Waals surface area contributed by atoms with Crippen LogP contribution in [-0.4, -0.2) is 23.1 Å². The molecular weight excluding hydrogens is 267 g/mol. The summed E-state index contributed by atoms with van der Waals surface area (Å²) in [7, 11) is 0. The SMILES string of the molecule is Cc1c(N)sc2c1C(F)CN(C(=O)OC(C)(C)C)C2. The van der Waals surface area contributed by atoms with Crippen molar-refractivity contribution in [3.63, 3.8) is 0 Å². The van der Waals surface area contributed by atoms with Gasteiger partial charge in [-0.15, -0.1) is 11.3 Å². The third-order valence-electron chi connectivity index (χ3n) is 2.99. The largest absolute Gasteiger partial charge is 0.444 e. The molecule has 1 atom stereocenters. The number of fused-ring (bicyclic) bond motifs is 1. The number of rotatable bonds is 0. The van der Waals surface area contributed by atoms with Crippen LogP contribution in [0.15, 0.2) is 0 Å². The van der Waals surface area contributed by atoms with E-state index in [4.69, 9.17) is 10.5 Å². The molecule has 1 aromatic rings. The smallest absolute Gasteiger partial charge is 0.410 e. The van der Waals surface area contributed by atoms with Crippen molar-refractivity contribution in [2.45, 2.75) is 46.0 Å². The average molecular weight is 286 g/mol. The number of carbonyl (C=O) groups is 1. The highest BCUT2D eigenvalue weighted by Gasteiger charge is 2.33. The molecule has 2 rings (SSSR count). The van der Waals surface area contributed by atoms with Gasteiger partial charge in [0, 0.05) is 10.4 Å². The summed E-state index contributed by atoms with van der Waals surface area (Å²) >= 11 is 1.35. The van der Waals surface area contributed by atoms with E-state index in [2.05, 4.69) is 0 Å². The Bertz CT molecular complexity index is 507. The molecule has 0 saturated heterocycles. The number of hydrogen-bond donors (Lipinski definition) is 1. The number of alkyl halides is 1. The summed E-state index contributed by atoms with van der Waals surface area (Å²) in [5, 5.41) is 0.624. The molecule has 1 unspecified atom stereocenters. The zero-order valence-corrected chi connectivity index (χ0v) is 12.4. The van der Waals surface area contributed by atoms with Crippen molar-refractivity contribution in [1.29, 1.82) is 0 Å². The fraction of sp³-hybridized carbons (Fsp3) is 0.615. The van der Waals surface area contributed by atoms with Crippen LogP contribution in [-0.2, 0) is 11.3 Å². The minimum absolute atomic E-state index is 0.0267. The molecule has 19 heavy (non-hydrogen) atoms. The monoisotopic (exact) mass is 286 g/mol. The maximum Gasteiger partial charge on any atom is 0.410 e. The van der Waals surface area contributed by atoms with Crippen molar-refractivity contribution in [3.8, 4) is 0 Å². The molecule has 0 bridgehead atoms. The van der Waals surface area contributed by atoms with Crippen molar-refractivity contribution in [2.24, 2.45) is 0 Å². The van der Waals surface area contributed by atoms with Gasteiger partial charge in [-0.1, -0.05) is 0 Å². The summed E-state index contributed by atoms with van der Waals surface area (Å²) in [6.07, 6.45) is -1.67. The molecule has 0 fully saturated rings. The molecule has 1 amide bonds. The van der Waals surface area contributed by atoms with Gasteiger partial charge in [0.1, 0.15) is 11.8 Å². The Morgan fingerprint density at radius 2 is 2.16 bits per heavy atom. The van der Waals surface area contributed by atoms with E-state index in [0.29, 0.717) is 17.1 Å². The van der Waals surface area contributed by atoms with E-state index in [1.165, 1.54) is 16.2 Å². The predicted molar refractivity (Wildman–Crippen MR) is 74.0 cm³/mol. The molecule has 1 aromatic heterocycles. The molecule has 6 heteroatoms. The Morgan fingerprint density at radius 3 is 2.74 bits per heavy atom. The normalized spacial score (nSPS) is 19.2. The Labute approximate surface area is 116 Å². The fourth-order valence-corrected chi connectivity index (χ4v) is 3.26. The van der Waals surface area contributed by atoms with E-state index < -0.39 is 17.9 Å². The number of hydrogen-bond acceptors (Lipinski definition) is 4. The number of nitrogens with two attached hydrogens (primary N) is 1. The summed E-state index contributed by atoms with van der Waals surface area (Å²) in [5.74, 6) is 0. The number of amides is 1. The van der Waals surface area contributed by atoms with Gasteiger partial charge in [0.05, 0.1) is 18.1 Å². The van der Waals surface area contributed by atoms with Crippen LogP contribution in [0.5, 0.6) is 0 Å². The number of ether oxygens (including phenoxy) is 1. The predicted octanol–water partition coefficient (Wildman–Crippen LogP) is 3.40. The molecule has 1 aliphatic rings. The summed E-state index contributed by atoms with van der Waals surface area (Å²) in [6, 6.07) is 0. The van der Waals surface area contributed by atoms with Crippen molar-refractivity contribution < 1.29 is 13.9 Å². The zero-order chi connectivity index (χ0) is 14.4. The van der Waals surface area contributed by atoms with Crippen molar-refractivity contribution >= 4 is 22.4 Å². The van der Waals surface area contributed by atoms with Gasteiger partial charge in [0.2, 0.25) is 0 Å². The molecule has 2 heterocycles. The minimum Gasteiger partial charge on any atom is -0.444 e. The standard InChI is InChI=1S/C13H19FN2O2S/c1-7-10-8(14)5-16(6-9(10)19-11(7)15)12(17)18-13(2,3)4/h8H,5-6,15H2,1-4H3. The molecule has 4 nitrogen and oxygen atoms in total. The number of thiophene rings is 1. The highest BCUT2D eigenvalue weighted by Crippen LogP contribution is 2.40. The van der Waals surface area contributed by atoms with Crippen LogP contribution in [0.1, 0.15) is 42.9 Å². The van der Waals surface area contributed by atoms with Crippen LogP contribution in [0, 0.1) is 6.92 Å². The highest BCUT2D eigenvalue weighted by molar-refractivity contribution is 7.16. The maximum absolute atomic E-state index is 14.2. The summed E-state index contributed by atoms with van der Waals surface area (Å²) in [5.41, 5.74) is 6.70. The molecule has 106 valence electrons. The quantitative estimate of drug-likeness (QED) is 0.795. The second kappa shape index (κ2) is 4.67. The molecule has 1 aliphatic heterocycles. The Hall–Kier alpha value is -1.30. The van der Waals surface area contributed by atoms with Gasteiger partial charge in [-0.2, -0.15) is 0 Å². The Morgan fingerprint density at radius 1 is 1.53 bits per heavy atom. The van der Waals surface area contributed by atoms with Gasteiger partial charge in [-0.05, 0) is 33.3 Å². The first-order valence-electron chi connectivity index (χ1n) is 6.18. The number of anilines is 1. The number of nitrogen functional groups attached to an aromatic ring is 1. The Balaban J connectivity index is 2.19. The van der Waals surface area contributed by atoms with Crippen LogP contribution in [0.3, 0.4) is 0 Å². The van der Waals surface area contributed by atoms with E-state index >= 15 is 0 Å². The topological polar surface area (TPSA) is 55.6 Å². The molecule has 0 spiro atoms. The first kappa shape index (κ1) is 14.1. The van der Waals surface area contributed by atoms with Crippen LogP contribution in [0.25, 0.3) is 0 Å². The lowest BCUT2D eigenvalue weighted by atomic mass is 10.0. The van der Waals surface area contributed by atoms with Gasteiger partial charge >= 0.3 is 6.09 Å². The molecular formula is C13H19FN2O2S. The molecule has 0 aliphatic carbocycles. The minimum atomic E-state index is -1.19. The van der Waals surface area contributed by atoms with E-state index in [-0.39, 0.29) is 6.54 Å². The third-order valence-corrected chi connectivity index (χ3v) is 4.11. The highest BCUT2D eigenvalue weighted by atomic mass is 32.1. The van der Waals surface area contributed by atoms with Crippen molar-refractivity contribution in [3.05, 3.63) is 16.0 Å². The van der Waals surface area contributed by atoms with E-state index in [9.17, 15) is 9.18 Å². The number of carbonyl (C=O) groups excluding carboxylic acids is 1. The van der Waals surface area contributed by atoms with Gasteiger partial charge < -0.3 is 10.5 Å². The Kier molecular flexibility index (Phi) is 3.47. The molecule has 0 saturated carbocycles. The average Bonchev–Trinajstić information content (AvgIpc) is 2.52. The van der Waals surface area contributed by atoms with Crippen LogP contribution < -0.4 is 5.73 Å². The van der Waals surface area contributed by atoms with Gasteiger partial charge in [-0.3, -0.25) is 4.90 Å². The number of halogens is 1. The lowest BCUT2D eigenvalue weighted by Gasteiger charge is -2.31. The van der Waals surface area contributed by atoms with Gasteiger partial charge in [-0.25, -0.2) is 9.18 Å². The van der Waals surface area contributed by atoms with Crippen LogP contribution in [0.2, 0.25) is 0 Å². The second-order valence-electron chi connectivity index (χ2n) is 5.76. The molecule has 0 aromatic carbocycles. The second-order valence-corrected chi connectivity index (χ2v) is 6.89. The zero-order valence-electron chi connectivity index (χ0n) is 11.6. The van der Waals surface area contributed by atoms with Crippen LogP contribution >= 0.6 is 11.3 Å². The summed E-state index contributed by atoms with van der Waals surface area (Å²) < 4.78 is 19.5. The molecule has 2 N–H and O–H groups in total. The lowest BCUT2D eigenvalue weighted by molar-refractivity contribution is 0.0163. The van der Waals surface area contributed by atoms with E-state index in [0.717, 1.165) is 10.4 Å². The van der Waals surface area contributed by atoms with Crippen molar-refractivity contribution in [1.82, 2.24) is 4.90 Å². The first-order valence-corrected chi connectivity index (χ1v) is 7.00. The van der Waals surface area contributed by atoms with Crippen molar-refractivity contribution in [2.75, 3.05) is 12.3 Å². The van der Waals surface area contributed by atoms with E-state index in [1.54, 1.807) is 20.8 Å². The number of nitrogens with zero attached hydrogens (tertiary/aromatic N) is 1. The fourth-order valence-electron chi connectivity index (χ4n) is 2.12. The van der Waals surface area contributed by atoms with Gasteiger partial charge in [0.25, 0.3) is 0 Å². The maximum atomic E-state index is 14.2. The first-order chi connectivity index (χ1) is 8.69. The summed E-state index contributed by atoms with van der Waals surface area (Å²) in [6.45, 7) is 7.59. The third kappa shape index (κ3) is 2.83. The van der Waals surface area contributed by atoms with Crippen LogP contribution in [0.4, 0.5) is 14.2 Å².